The first-order valence-corrected chi connectivity index (χ1v) is 9.33. The van der Waals surface area contributed by atoms with Crippen LogP contribution < -0.4 is 5.32 Å². The minimum atomic E-state index is -0.112. The number of aromatic amines is 1. The summed E-state index contributed by atoms with van der Waals surface area (Å²) in [5, 5.41) is 3.08. The molecule has 0 saturated carbocycles. The van der Waals surface area contributed by atoms with Crippen LogP contribution in [0.4, 0.5) is 0 Å². The zero-order chi connectivity index (χ0) is 18.0. The Morgan fingerprint density at radius 2 is 2.00 bits per heavy atom. The van der Waals surface area contributed by atoms with Gasteiger partial charge >= 0.3 is 0 Å². The van der Waals surface area contributed by atoms with Gasteiger partial charge in [-0.2, -0.15) is 0 Å². The molecule has 2 aliphatic rings. The molecule has 2 N–H and O–H groups in total. The number of hydrogen-bond acceptors (Lipinski definition) is 4. The number of ketones is 1. The highest BCUT2D eigenvalue weighted by molar-refractivity contribution is 6.04. The van der Waals surface area contributed by atoms with Gasteiger partial charge in [-0.25, -0.2) is 0 Å². The van der Waals surface area contributed by atoms with E-state index in [2.05, 4.69) is 29.0 Å². The monoisotopic (exact) mass is 347 g/mol. The van der Waals surface area contributed by atoms with E-state index in [0.29, 0.717) is 30.6 Å². The molecule has 1 fully saturated rings. The lowest BCUT2D eigenvalue weighted by molar-refractivity contribution is 0.00671. The number of aromatic nitrogens is 1. The van der Waals surface area contributed by atoms with Gasteiger partial charge < -0.3 is 15.0 Å². The molecule has 0 bridgehead atoms. The first kappa shape index (κ1) is 18.1. The fourth-order valence-electron chi connectivity index (χ4n) is 3.98. The van der Waals surface area contributed by atoms with Crippen molar-refractivity contribution < 1.29 is 14.3 Å². The second-order valence-corrected chi connectivity index (χ2v) is 7.43. The summed E-state index contributed by atoms with van der Waals surface area (Å²) in [6.07, 6.45) is 2.29. The molecule has 1 amide bonds. The van der Waals surface area contributed by atoms with Gasteiger partial charge in [0.05, 0.1) is 13.2 Å². The Kier molecular flexibility index (Phi) is 5.59. The van der Waals surface area contributed by atoms with E-state index in [1.807, 2.05) is 6.92 Å². The van der Waals surface area contributed by atoms with Crippen molar-refractivity contribution in [1.29, 1.82) is 0 Å². The maximum absolute atomic E-state index is 12.7. The van der Waals surface area contributed by atoms with Gasteiger partial charge in [-0.05, 0) is 31.2 Å². The van der Waals surface area contributed by atoms with Crippen molar-refractivity contribution in [1.82, 2.24) is 15.2 Å². The molecule has 1 atom stereocenters. The molecule has 2 heterocycles. The number of nitrogens with zero attached hydrogens (tertiary/aromatic N) is 1. The molecule has 6 heteroatoms. The molecule has 1 aromatic heterocycles. The van der Waals surface area contributed by atoms with Crippen molar-refractivity contribution in [3.8, 4) is 0 Å². The predicted molar refractivity (Wildman–Crippen MR) is 96.1 cm³/mol. The van der Waals surface area contributed by atoms with Gasteiger partial charge in [-0.3, -0.25) is 14.5 Å². The number of hydrogen-bond donors (Lipinski definition) is 2. The van der Waals surface area contributed by atoms with Crippen LogP contribution in [0.15, 0.2) is 0 Å². The number of ether oxygens (including phenoxy) is 1. The normalized spacial score (nSPS) is 19.8. The number of Topliss-reactive ketones (excluding diaryl/α,β-unsaturated/α-hetero) is 1. The summed E-state index contributed by atoms with van der Waals surface area (Å²) in [4.78, 5) is 30.4. The minimum Gasteiger partial charge on any atom is -0.379 e. The van der Waals surface area contributed by atoms with Gasteiger partial charge in [0.15, 0.2) is 5.78 Å². The summed E-state index contributed by atoms with van der Waals surface area (Å²) in [6, 6.07) is 0.291. The Balaban J connectivity index is 1.68. The molecule has 1 aliphatic carbocycles. The lowest BCUT2D eigenvalue weighted by Gasteiger charge is -2.36. The molecular weight excluding hydrogens is 318 g/mol. The maximum atomic E-state index is 12.7. The fraction of sp³-hybridized carbons (Fsp3) is 0.684. The highest BCUT2D eigenvalue weighted by Crippen LogP contribution is 2.26. The third-order valence-electron chi connectivity index (χ3n) is 5.42. The number of fused-ring (bicyclic) bond motifs is 1. The lowest BCUT2D eigenvalue weighted by Crippen LogP contribution is -2.51. The highest BCUT2D eigenvalue weighted by Gasteiger charge is 2.28. The van der Waals surface area contributed by atoms with Crippen molar-refractivity contribution in [2.75, 3.05) is 32.8 Å². The van der Waals surface area contributed by atoms with E-state index in [9.17, 15) is 9.59 Å². The molecule has 3 rings (SSSR count). The third-order valence-corrected chi connectivity index (χ3v) is 5.42. The summed E-state index contributed by atoms with van der Waals surface area (Å²) in [7, 11) is 0. The molecule has 1 saturated heterocycles. The van der Waals surface area contributed by atoms with E-state index < -0.39 is 0 Å². The number of rotatable bonds is 5. The largest absolute Gasteiger partial charge is 0.379 e. The fourth-order valence-corrected chi connectivity index (χ4v) is 3.98. The Morgan fingerprint density at radius 3 is 2.64 bits per heavy atom. The second kappa shape index (κ2) is 7.70. The van der Waals surface area contributed by atoms with Crippen LogP contribution >= 0.6 is 0 Å². The van der Waals surface area contributed by atoms with Crippen LogP contribution in [0.3, 0.4) is 0 Å². The maximum Gasteiger partial charge on any atom is 0.268 e. The van der Waals surface area contributed by atoms with Crippen LogP contribution in [0.1, 0.15) is 58.8 Å². The molecule has 25 heavy (non-hydrogen) atoms. The number of aryl methyl sites for hydroxylation is 1. The number of H-pyrrole nitrogens is 1. The summed E-state index contributed by atoms with van der Waals surface area (Å²) < 4.78 is 5.43. The molecule has 0 aromatic carbocycles. The minimum absolute atomic E-state index is 0.112. The van der Waals surface area contributed by atoms with E-state index in [-0.39, 0.29) is 11.7 Å². The van der Waals surface area contributed by atoms with Crippen molar-refractivity contribution >= 4 is 11.7 Å². The first-order valence-electron chi connectivity index (χ1n) is 9.33. The first-order chi connectivity index (χ1) is 12.0. The summed E-state index contributed by atoms with van der Waals surface area (Å²) in [6.45, 7) is 10.2. The van der Waals surface area contributed by atoms with E-state index in [1.54, 1.807) is 0 Å². The van der Waals surface area contributed by atoms with E-state index in [4.69, 9.17) is 4.74 Å². The van der Waals surface area contributed by atoms with E-state index in [1.165, 1.54) is 0 Å². The van der Waals surface area contributed by atoms with Crippen molar-refractivity contribution in [2.45, 2.75) is 46.1 Å². The van der Waals surface area contributed by atoms with Crippen LogP contribution in [0.25, 0.3) is 0 Å². The van der Waals surface area contributed by atoms with Gasteiger partial charge in [0.2, 0.25) is 0 Å². The Hall–Kier alpha value is -1.66. The number of nitrogens with one attached hydrogen (secondary N) is 2. The molecule has 138 valence electrons. The molecule has 1 aromatic rings. The van der Waals surface area contributed by atoms with Crippen molar-refractivity contribution in [2.24, 2.45) is 5.92 Å². The Morgan fingerprint density at radius 1 is 1.28 bits per heavy atom. The molecule has 0 spiro atoms. The third kappa shape index (κ3) is 3.80. The number of morpholine rings is 1. The van der Waals surface area contributed by atoms with Crippen LogP contribution in [-0.2, 0) is 11.2 Å². The Bertz CT molecular complexity index is 645. The summed E-state index contributed by atoms with van der Waals surface area (Å²) in [5.41, 5.74) is 3.01. The SMILES string of the molecule is Cc1c(C(=O)NCC(C(C)C)N2CCOCC2)[nH]c2c1C(=O)CCC2. The average molecular weight is 347 g/mol. The standard InChI is InChI=1S/C19H29N3O3/c1-12(2)15(22-7-9-25-10-8-22)11-20-19(24)18-13(3)17-14(21-18)5-4-6-16(17)23/h12,15,21H,4-11H2,1-3H3,(H,20,24). The summed E-state index contributed by atoms with van der Waals surface area (Å²) >= 11 is 0. The molecule has 6 nitrogen and oxygen atoms in total. The van der Waals surface area contributed by atoms with Crippen LogP contribution in [0, 0.1) is 12.8 Å². The average Bonchev–Trinajstić information content (AvgIpc) is 2.94. The van der Waals surface area contributed by atoms with Gasteiger partial charge in [-0.1, -0.05) is 13.8 Å². The topological polar surface area (TPSA) is 74.4 Å². The smallest absolute Gasteiger partial charge is 0.268 e. The zero-order valence-corrected chi connectivity index (χ0v) is 15.5. The molecule has 0 radical (unpaired) electrons. The molecular formula is C19H29N3O3. The zero-order valence-electron chi connectivity index (χ0n) is 15.5. The van der Waals surface area contributed by atoms with Crippen molar-refractivity contribution in [3.05, 3.63) is 22.5 Å². The lowest BCUT2D eigenvalue weighted by atomic mass is 9.94. The number of carbonyl (C=O) groups is 2. The second-order valence-electron chi connectivity index (χ2n) is 7.43. The molecule has 1 aliphatic heterocycles. The van der Waals surface area contributed by atoms with Gasteiger partial charge in [0.1, 0.15) is 5.69 Å². The van der Waals surface area contributed by atoms with Crippen LogP contribution in [0.5, 0.6) is 0 Å². The Labute approximate surface area is 149 Å². The van der Waals surface area contributed by atoms with E-state index in [0.717, 1.165) is 56.0 Å². The quantitative estimate of drug-likeness (QED) is 0.853. The van der Waals surface area contributed by atoms with Crippen LogP contribution in [0.2, 0.25) is 0 Å². The van der Waals surface area contributed by atoms with Crippen LogP contribution in [-0.4, -0.2) is 60.5 Å². The van der Waals surface area contributed by atoms with Gasteiger partial charge in [0.25, 0.3) is 5.91 Å². The predicted octanol–water partition coefficient (Wildman–Crippen LogP) is 1.93. The molecule has 1 unspecified atom stereocenters. The number of carbonyl (C=O) groups excluding carboxylic acids is 2. The number of amides is 1. The van der Waals surface area contributed by atoms with Crippen molar-refractivity contribution in [3.63, 3.8) is 0 Å². The van der Waals surface area contributed by atoms with Gasteiger partial charge in [-0.15, -0.1) is 0 Å². The highest BCUT2D eigenvalue weighted by atomic mass is 16.5. The van der Waals surface area contributed by atoms with E-state index >= 15 is 0 Å². The summed E-state index contributed by atoms with van der Waals surface area (Å²) in [5.74, 6) is 0.485. The van der Waals surface area contributed by atoms with Gasteiger partial charge in [0, 0.05) is 43.4 Å².